The van der Waals surface area contributed by atoms with E-state index in [0.29, 0.717) is 0 Å². The van der Waals surface area contributed by atoms with Crippen LogP contribution in [-0.2, 0) is 4.79 Å². The SMILES string of the molecule is CC(=O)N(c1cc(F)ccc1F)c1onc(-c2cc(C)ccc2F)c1-c1ccncn1. The third kappa shape index (κ3) is 3.77. The Morgan fingerprint density at radius 3 is 2.52 bits per heavy atom. The third-order valence-electron chi connectivity index (χ3n) is 4.56. The standard InChI is InChI=1S/C22H15F3N4O2/c1-12-3-5-16(24)15(9-12)21-20(18-7-8-26-11-27-18)22(31-28-21)29(13(2)30)19-10-14(23)4-6-17(19)25/h3-11H,1-2H3. The van der Waals surface area contributed by atoms with Gasteiger partial charge in [-0.1, -0.05) is 16.8 Å². The highest BCUT2D eigenvalue weighted by Crippen LogP contribution is 2.42. The molecule has 4 aromatic rings. The van der Waals surface area contributed by atoms with Crippen LogP contribution in [0.5, 0.6) is 0 Å². The van der Waals surface area contributed by atoms with E-state index in [1.165, 1.54) is 24.7 Å². The Bertz CT molecular complexity index is 1280. The Hall–Kier alpha value is -4.01. The van der Waals surface area contributed by atoms with Crippen molar-refractivity contribution in [3.63, 3.8) is 0 Å². The molecule has 0 aliphatic rings. The zero-order valence-electron chi connectivity index (χ0n) is 16.4. The van der Waals surface area contributed by atoms with Crippen LogP contribution >= 0.6 is 0 Å². The lowest BCUT2D eigenvalue weighted by Gasteiger charge is -2.19. The second-order valence-electron chi connectivity index (χ2n) is 6.74. The van der Waals surface area contributed by atoms with Crippen molar-refractivity contribution in [2.24, 2.45) is 0 Å². The van der Waals surface area contributed by atoms with E-state index in [-0.39, 0.29) is 34.1 Å². The average Bonchev–Trinajstić information content (AvgIpc) is 3.17. The number of hydrogen-bond acceptors (Lipinski definition) is 5. The lowest BCUT2D eigenvalue weighted by molar-refractivity contribution is -0.116. The molecule has 9 heteroatoms. The number of anilines is 2. The van der Waals surface area contributed by atoms with E-state index in [4.69, 9.17) is 4.52 Å². The predicted molar refractivity (Wildman–Crippen MR) is 107 cm³/mol. The molecule has 0 aliphatic carbocycles. The topological polar surface area (TPSA) is 72.1 Å². The minimum atomic E-state index is -0.857. The van der Waals surface area contributed by atoms with Gasteiger partial charge in [-0.05, 0) is 37.3 Å². The maximum atomic E-state index is 14.7. The molecule has 1 amide bonds. The van der Waals surface area contributed by atoms with Gasteiger partial charge in [-0.3, -0.25) is 4.79 Å². The first-order valence-corrected chi connectivity index (χ1v) is 9.15. The quantitative estimate of drug-likeness (QED) is 0.450. The van der Waals surface area contributed by atoms with E-state index in [1.807, 2.05) is 0 Å². The van der Waals surface area contributed by atoms with Crippen LogP contribution in [0, 0.1) is 24.4 Å². The molecule has 6 nitrogen and oxygen atoms in total. The van der Waals surface area contributed by atoms with Crippen LogP contribution in [0.1, 0.15) is 12.5 Å². The Morgan fingerprint density at radius 1 is 1.03 bits per heavy atom. The summed E-state index contributed by atoms with van der Waals surface area (Å²) < 4.78 is 48.5. The fourth-order valence-corrected chi connectivity index (χ4v) is 3.19. The summed E-state index contributed by atoms with van der Waals surface area (Å²) in [4.78, 5) is 21.3. The van der Waals surface area contributed by atoms with Gasteiger partial charge in [0.25, 0.3) is 0 Å². The fraction of sp³-hybridized carbons (Fsp3) is 0.0909. The van der Waals surface area contributed by atoms with Crippen molar-refractivity contribution in [3.05, 3.63) is 78.0 Å². The van der Waals surface area contributed by atoms with Crippen LogP contribution in [0.2, 0.25) is 0 Å². The summed E-state index contributed by atoms with van der Waals surface area (Å²) in [6.07, 6.45) is 2.69. The second-order valence-corrected chi connectivity index (χ2v) is 6.74. The summed E-state index contributed by atoms with van der Waals surface area (Å²) in [5, 5.41) is 3.96. The van der Waals surface area contributed by atoms with Gasteiger partial charge in [0.05, 0.1) is 16.9 Å². The van der Waals surface area contributed by atoms with Crippen LogP contribution in [-0.4, -0.2) is 21.0 Å². The van der Waals surface area contributed by atoms with E-state index in [0.717, 1.165) is 35.6 Å². The van der Waals surface area contributed by atoms with Crippen molar-refractivity contribution >= 4 is 17.5 Å². The molecule has 156 valence electrons. The van der Waals surface area contributed by atoms with Gasteiger partial charge in [-0.25, -0.2) is 28.0 Å². The molecule has 4 rings (SSSR count). The lowest BCUT2D eigenvalue weighted by Crippen LogP contribution is -2.24. The molecule has 0 N–H and O–H groups in total. The molecule has 0 aliphatic heterocycles. The number of hydrogen-bond donors (Lipinski definition) is 0. The Labute approximate surface area is 175 Å². The molecule has 0 radical (unpaired) electrons. The summed E-state index contributed by atoms with van der Waals surface area (Å²) in [5.74, 6) is -3.09. The Balaban J connectivity index is 2.02. The molecular weight excluding hydrogens is 409 g/mol. The smallest absolute Gasteiger partial charge is 0.248 e. The number of amides is 1. The Kier molecular flexibility index (Phi) is 5.24. The van der Waals surface area contributed by atoms with Crippen molar-refractivity contribution in [2.75, 3.05) is 4.90 Å². The first-order chi connectivity index (χ1) is 14.9. The van der Waals surface area contributed by atoms with Crippen LogP contribution < -0.4 is 4.90 Å². The third-order valence-corrected chi connectivity index (χ3v) is 4.56. The van der Waals surface area contributed by atoms with E-state index in [9.17, 15) is 18.0 Å². The van der Waals surface area contributed by atoms with E-state index in [1.54, 1.807) is 19.1 Å². The fourth-order valence-electron chi connectivity index (χ4n) is 3.19. The molecular formula is C22H15F3N4O2. The molecule has 31 heavy (non-hydrogen) atoms. The van der Waals surface area contributed by atoms with Crippen molar-refractivity contribution < 1.29 is 22.5 Å². The van der Waals surface area contributed by atoms with Crippen LogP contribution in [0.15, 0.2) is 59.5 Å². The van der Waals surface area contributed by atoms with Crippen LogP contribution in [0.25, 0.3) is 22.5 Å². The molecule has 2 heterocycles. The highest BCUT2D eigenvalue weighted by atomic mass is 19.1. The van der Waals surface area contributed by atoms with Gasteiger partial charge in [0, 0.05) is 24.8 Å². The highest BCUT2D eigenvalue weighted by Gasteiger charge is 2.31. The number of rotatable bonds is 4. The summed E-state index contributed by atoms with van der Waals surface area (Å²) in [7, 11) is 0. The lowest BCUT2D eigenvalue weighted by atomic mass is 10.0. The van der Waals surface area contributed by atoms with Crippen LogP contribution in [0.4, 0.5) is 24.7 Å². The number of carbonyl (C=O) groups excluding carboxylic acids is 1. The summed E-state index contributed by atoms with van der Waals surface area (Å²) in [5.41, 5.74) is 0.921. The van der Waals surface area contributed by atoms with Gasteiger partial charge >= 0.3 is 0 Å². The number of benzene rings is 2. The minimum Gasteiger partial charge on any atom is -0.336 e. The number of nitrogens with zero attached hydrogens (tertiary/aromatic N) is 4. The molecule has 2 aromatic carbocycles. The molecule has 0 bridgehead atoms. The second kappa shape index (κ2) is 8.02. The van der Waals surface area contributed by atoms with E-state index >= 15 is 0 Å². The molecule has 2 aromatic heterocycles. The summed E-state index contributed by atoms with van der Waals surface area (Å²) in [6, 6.07) is 8.61. The van der Waals surface area contributed by atoms with Crippen molar-refractivity contribution in [1.82, 2.24) is 15.1 Å². The van der Waals surface area contributed by atoms with Gasteiger partial charge in [0.15, 0.2) is 0 Å². The number of carbonyl (C=O) groups is 1. The zero-order chi connectivity index (χ0) is 22.1. The van der Waals surface area contributed by atoms with Crippen LogP contribution in [0.3, 0.4) is 0 Å². The van der Waals surface area contributed by atoms with Gasteiger partial charge in [0.2, 0.25) is 11.8 Å². The van der Waals surface area contributed by atoms with E-state index < -0.39 is 23.4 Å². The predicted octanol–water partition coefficient (Wildman–Crippen LogP) is 5.21. The van der Waals surface area contributed by atoms with E-state index in [2.05, 4.69) is 15.1 Å². The first-order valence-electron chi connectivity index (χ1n) is 9.15. The average molecular weight is 424 g/mol. The van der Waals surface area contributed by atoms with Gasteiger partial charge < -0.3 is 4.52 Å². The summed E-state index contributed by atoms with van der Waals surface area (Å²) >= 11 is 0. The number of halogens is 3. The van der Waals surface area contributed by atoms with Gasteiger partial charge in [-0.2, -0.15) is 0 Å². The maximum absolute atomic E-state index is 14.7. The Morgan fingerprint density at radius 2 is 1.81 bits per heavy atom. The molecule has 0 unspecified atom stereocenters. The molecule has 0 saturated heterocycles. The normalized spacial score (nSPS) is 10.9. The summed E-state index contributed by atoms with van der Waals surface area (Å²) in [6.45, 7) is 2.93. The monoisotopic (exact) mass is 424 g/mol. The van der Waals surface area contributed by atoms with Crippen molar-refractivity contribution in [3.8, 4) is 22.5 Å². The molecule has 0 atom stereocenters. The van der Waals surface area contributed by atoms with Crippen molar-refractivity contribution in [2.45, 2.75) is 13.8 Å². The number of aromatic nitrogens is 3. The largest absolute Gasteiger partial charge is 0.336 e. The van der Waals surface area contributed by atoms with Crippen molar-refractivity contribution in [1.29, 1.82) is 0 Å². The molecule has 0 fully saturated rings. The zero-order valence-corrected chi connectivity index (χ0v) is 16.4. The number of aryl methyl sites for hydroxylation is 1. The van der Waals surface area contributed by atoms with Gasteiger partial charge in [0.1, 0.15) is 29.5 Å². The molecule has 0 spiro atoms. The highest BCUT2D eigenvalue weighted by molar-refractivity contribution is 6.03. The molecule has 0 saturated carbocycles. The van der Waals surface area contributed by atoms with Gasteiger partial charge in [-0.15, -0.1) is 0 Å². The maximum Gasteiger partial charge on any atom is 0.248 e. The first kappa shape index (κ1) is 20.3. The minimum absolute atomic E-state index is 0.0537.